The lowest BCUT2D eigenvalue weighted by Crippen LogP contribution is -2.39. The van der Waals surface area contributed by atoms with Crippen LogP contribution in [0.25, 0.3) is 0 Å². The van der Waals surface area contributed by atoms with Crippen molar-refractivity contribution in [3.8, 4) is 0 Å². The minimum absolute atomic E-state index is 0. The maximum absolute atomic E-state index is 12.6. The molecule has 30 heavy (non-hydrogen) atoms. The van der Waals surface area contributed by atoms with Crippen molar-refractivity contribution in [2.24, 2.45) is 4.99 Å². The summed E-state index contributed by atoms with van der Waals surface area (Å²) < 4.78 is 37.8. The fraction of sp³-hybridized carbons (Fsp3) is 0.500. The maximum atomic E-state index is 12.6. The zero-order chi connectivity index (χ0) is 20.7. The molecule has 1 saturated heterocycles. The van der Waals surface area contributed by atoms with Crippen LogP contribution in [0.1, 0.15) is 29.7 Å². The van der Waals surface area contributed by atoms with Gasteiger partial charge >= 0.3 is 6.18 Å². The normalized spacial score (nSPS) is 14.5. The maximum Gasteiger partial charge on any atom is 0.416 e. The van der Waals surface area contributed by atoms with E-state index in [9.17, 15) is 13.2 Å². The van der Waals surface area contributed by atoms with Gasteiger partial charge in [0, 0.05) is 45.0 Å². The molecule has 1 aliphatic rings. The molecule has 0 amide bonds. The van der Waals surface area contributed by atoms with E-state index < -0.39 is 11.7 Å². The molecule has 0 aliphatic carbocycles. The summed E-state index contributed by atoms with van der Waals surface area (Å²) in [5, 5.41) is 9.66. The van der Waals surface area contributed by atoms with Crippen molar-refractivity contribution in [2.45, 2.75) is 31.9 Å². The van der Waals surface area contributed by atoms with Gasteiger partial charge in [-0.3, -0.25) is 4.99 Å². The molecule has 2 N–H and O–H groups in total. The molecule has 1 aromatic carbocycles. The lowest BCUT2D eigenvalue weighted by Gasteiger charge is -2.13. The van der Waals surface area contributed by atoms with Crippen molar-refractivity contribution >= 4 is 46.4 Å². The summed E-state index contributed by atoms with van der Waals surface area (Å²) in [6, 6.07) is 5.26. The number of nitrogens with one attached hydrogen (secondary N) is 2. The number of alkyl halides is 3. The highest BCUT2D eigenvalue weighted by atomic mass is 127. The first-order valence-electron chi connectivity index (χ1n) is 9.76. The minimum Gasteiger partial charge on any atom is -0.356 e. The molecular weight excluding hydrogens is 526 g/mol. The average molecular weight is 553 g/mol. The number of benzene rings is 1. The van der Waals surface area contributed by atoms with Crippen molar-refractivity contribution in [1.82, 2.24) is 15.6 Å². The summed E-state index contributed by atoms with van der Waals surface area (Å²) in [4.78, 5) is 11.2. The number of guanidine groups is 1. The van der Waals surface area contributed by atoms with Crippen LogP contribution in [0, 0.1) is 0 Å². The second-order valence-electron chi connectivity index (χ2n) is 6.94. The van der Waals surface area contributed by atoms with Crippen LogP contribution in [0.4, 0.5) is 18.3 Å². The van der Waals surface area contributed by atoms with Gasteiger partial charge in [-0.15, -0.1) is 35.3 Å². The van der Waals surface area contributed by atoms with Crippen molar-refractivity contribution in [3.63, 3.8) is 0 Å². The number of hydrogen-bond donors (Lipinski definition) is 2. The summed E-state index contributed by atoms with van der Waals surface area (Å²) in [6.07, 6.45) is -0.390. The largest absolute Gasteiger partial charge is 0.416 e. The van der Waals surface area contributed by atoms with E-state index in [1.54, 1.807) is 18.4 Å². The molecule has 10 heteroatoms. The second kappa shape index (κ2) is 11.7. The number of anilines is 1. The van der Waals surface area contributed by atoms with Crippen LogP contribution in [0.5, 0.6) is 0 Å². The Bertz CT molecular complexity index is 802. The smallest absolute Gasteiger partial charge is 0.356 e. The Balaban J connectivity index is 0.00000320. The first kappa shape index (κ1) is 24.7. The van der Waals surface area contributed by atoms with E-state index in [-0.39, 0.29) is 24.0 Å². The minimum atomic E-state index is -4.30. The van der Waals surface area contributed by atoms with Gasteiger partial charge in [-0.1, -0.05) is 12.1 Å². The summed E-state index contributed by atoms with van der Waals surface area (Å²) in [5.74, 6) is 0.673. The zero-order valence-electron chi connectivity index (χ0n) is 16.8. The molecule has 0 spiro atoms. The zero-order valence-corrected chi connectivity index (χ0v) is 20.0. The van der Waals surface area contributed by atoms with Crippen LogP contribution in [0.15, 0.2) is 34.6 Å². The van der Waals surface area contributed by atoms with E-state index in [0.717, 1.165) is 48.0 Å². The van der Waals surface area contributed by atoms with Gasteiger partial charge < -0.3 is 15.5 Å². The molecular formula is C20H27F3IN5S. The quantitative estimate of drug-likeness (QED) is 0.305. The number of aliphatic imine (C=N–C) groups is 1. The highest BCUT2D eigenvalue weighted by Gasteiger charge is 2.29. The SMILES string of the molecule is CN=C(NCCc1ccc(C(F)(F)F)cc1)NCCc1csc(N2CCCC2)n1.I. The van der Waals surface area contributed by atoms with Gasteiger partial charge in [0.15, 0.2) is 11.1 Å². The predicted octanol–water partition coefficient (Wildman–Crippen LogP) is 4.33. The topological polar surface area (TPSA) is 52.6 Å². The Labute approximate surface area is 196 Å². The Hall–Kier alpha value is -1.56. The highest BCUT2D eigenvalue weighted by molar-refractivity contribution is 14.0. The van der Waals surface area contributed by atoms with Crippen molar-refractivity contribution < 1.29 is 13.2 Å². The molecule has 3 rings (SSSR count). The summed E-state index contributed by atoms with van der Waals surface area (Å²) in [6.45, 7) is 3.49. The molecule has 1 aliphatic heterocycles. The lowest BCUT2D eigenvalue weighted by molar-refractivity contribution is -0.137. The molecule has 2 heterocycles. The Morgan fingerprint density at radius 1 is 1.10 bits per heavy atom. The second-order valence-corrected chi connectivity index (χ2v) is 7.77. The molecule has 166 valence electrons. The van der Waals surface area contributed by atoms with Crippen molar-refractivity contribution in [2.75, 3.05) is 38.1 Å². The van der Waals surface area contributed by atoms with Gasteiger partial charge in [0.2, 0.25) is 0 Å². The van der Waals surface area contributed by atoms with Gasteiger partial charge in [-0.05, 0) is 37.0 Å². The number of rotatable bonds is 7. The van der Waals surface area contributed by atoms with Crippen LogP contribution in [0.2, 0.25) is 0 Å². The molecule has 0 bridgehead atoms. The molecule has 0 atom stereocenters. The Kier molecular flexibility index (Phi) is 9.66. The summed E-state index contributed by atoms with van der Waals surface area (Å²) in [7, 11) is 1.70. The third-order valence-corrected chi connectivity index (χ3v) is 5.75. The van der Waals surface area contributed by atoms with Gasteiger partial charge in [0.1, 0.15) is 0 Å². The Morgan fingerprint density at radius 2 is 1.73 bits per heavy atom. The van der Waals surface area contributed by atoms with Crippen LogP contribution >= 0.6 is 35.3 Å². The fourth-order valence-electron chi connectivity index (χ4n) is 3.18. The molecule has 5 nitrogen and oxygen atoms in total. The molecule has 0 radical (unpaired) electrons. The van der Waals surface area contributed by atoms with Crippen LogP contribution in [-0.2, 0) is 19.0 Å². The first-order valence-corrected chi connectivity index (χ1v) is 10.6. The third kappa shape index (κ3) is 7.29. The predicted molar refractivity (Wildman–Crippen MR) is 127 cm³/mol. The van der Waals surface area contributed by atoms with E-state index in [4.69, 9.17) is 4.98 Å². The van der Waals surface area contributed by atoms with E-state index >= 15 is 0 Å². The monoisotopic (exact) mass is 553 g/mol. The number of hydrogen-bond acceptors (Lipinski definition) is 4. The van der Waals surface area contributed by atoms with E-state index in [1.165, 1.54) is 25.0 Å². The molecule has 1 aromatic heterocycles. The molecule has 2 aromatic rings. The van der Waals surface area contributed by atoms with Gasteiger partial charge in [-0.25, -0.2) is 4.98 Å². The highest BCUT2D eigenvalue weighted by Crippen LogP contribution is 2.29. The van der Waals surface area contributed by atoms with Gasteiger partial charge in [0.05, 0.1) is 11.3 Å². The number of aromatic nitrogens is 1. The fourth-order valence-corrected chi connectivity index (χ4v) is 4.09. The number of nitrogens with zero attached hydrogens (tertiary/aromatic N) is 3. The lowest BCUT2D eigenvalue weighted by atomic mass is 10.1. The Morgan fingerprint density at radius 3 is 2.33 bits per heavy atom. The van der Waals surface area contributed by atoms with E-state index in [1.807, 2.05) is 0 Å². The van der Waals surface area contributed by atoms with E-state index in [0.29, 0.717) is 25.5 Å². The van der Waals surface area contributed by atoms with Crippen molar-refractivity contribution in [1.29, 1.82) is 0 Å². The van der Waals surface area contributed by atoms with Crippen LogP contribution in [-0.4, -0.2) is 44.2 Å². The average Bonchev–Trinajstić information content (AvgIpc) is 3.38. The third-order valence-electron chi connectivity index (χ3n) is 4.80. The summed E-state index contributed by atoms with van der Waals surface area (Å²) >= 11 is 1.70. The van der Waals surface area contributed by atoms with Crippen LogP contribution < -0.4 is 15.5 Å². The summed E-state index contributed by atoms with van der Waals surface area (Å²) in [5.41, 5.74) is 1.30. The molecule has 0 unspecified atom stereocenters. The standard InChI is InChI=1S/C20H26F3N5S.HI/c1-24-18(25-10-8-15-4-6-16(7-5-15)20(21,22)23)26-11-9-17-14-29-19(27-17)28-12-2-3-13-28;/h4-7,14H,2-3,8-13H2,1H3,(H2,24,25,26);1H. The molecule has 1 fully saturated rings. The number of thiazole rings is 1. The first-order chi connectivity index (χ1) is 14.0. The van der Waals surface area contributed by atoms with Crippen LogP contribution in [0.3, 0.4) is 0 Å². The van der Waals surface area contributed by atoms with Gasteiger partial charge in [0.25, 0.3) is 0 Å². The molecule has 0 saturated carbocycles. The van der Waals surface area contributed by atoms with E-state index in [2.05, 4.69) is 25.9 Å². The van der Waals surface area contributed by atoms with Crippen molar-refractivity contribution in [3.05, 3.63) is 46.5 Å². The number of halogens is 4. The van der Waals surface area contributed by atoms with Gasteiger partial charge in [-0.2, -0.15) is 13.2 Å².